The van der Waals surface area contributed by atoms with Gasteiger partial charge < -0.3 is 10.4 Å². The second kappa shape index (κ2) is 12.3. The van der Waals surface area contributed by atoms with Gasteiger partial charge in [0.15, 0.2) is 0 Å². The van der Waals surface area contributed by atoms with Crippen LogP contribution in [0.15, 0.2) is 40.4 Å². The maximum Gasteiger partial charge on any atom is 0.150 e. The van der Waals surface area contributed by atoms with Crippen LogP contribution in [0.25, 0.3) is 11.3 Å². The van der Waals surface area contributed by atoms with Crippen LogP contribution >= 0.6 is 15.9 Å². The third-order valence-electron chi connectivity index (χ3n) is 7.27. The number of fused-ring (bicyclic) bond motifs is 3. The van der Waals surface area contributed by atoms with Gasteiger partial charge in [-0.05, 0) is 73.2 Å². The fraction of sp³-hybridized carbons (Fsp3) is 0.517. The molecule has 2 aromatic rings. The zero-order valence-electron chi connectivity index (χ0n) is 20.9. The molecule has 2 aliphatic rings. The number of allylic oxidation sites excluding steroid dienone is 3. The van der Waals surface area contributed by atoms with Gasteiger partial charge in [-0.3, -0.25) is 0 Å². The first-order valence-electron chi connectivity index (χ1n) is 13.1. The third-order valence-corrected chi connectivity index (χ3v) is 7.53. The van der Waals surface area contributed by atoms with E-state index in [9.17, 15) is 9.50 Å². The van der Waals surface area contributed by atoms with Crippen molar-refractivity contribution in [2.45, 2.75) is 90.7 Å². The zero-order valence-corrected chi connectivity index (χ0v) is 22.5. The molecule has 0 aliphatic heterocycles. The quantitative estimate of drug-likeness (QED) is 0.253. The highest BCUT2D eigenvalue weighted by Gasteiger charge is 2.24. The summed E-state index contributed by atoms with van der Waals surface area (Å²) in [7, 11) is 0. The van der Waals surface area contributed by atoms with Gasteiger partial charge in [-0.2, -0.15) is 0 Å². The summed E-state index contributed by atoms with van der Waals surface area (Å²) in [5.74, 6) is 1.22. The van der Waals surface area contributed by atoms with Gasteiger partial charge >= 0.3 is 0 Å². The van der Waals surface area contributed by atoms with E-state index in [0.29, 0.717) is 12.2 Å². The van der Waals surface area contributed by atoms with Crippen molar-refractivity contribution < 1.29 is 9.50 Å². The Balaban J connectivity index is 1.60. The molecule has 0 spiro atoms. The standard InChI is InChI=1S/C29H37BrFN3O/c1-3-20(10-9-19(2)30)17-27(35)34-29-26(15-11-21-7-5-4-6-8-21)32-28-24-14-13-23(31)18-22(24)12-16-25(28)33-29/h9-10,13-14,18,21,27,35H,3-8,11-12,15-17H2,1-2H3,(H,33,34)/b19-9+,20-10+. The first kappa shape index (κ1) is 26.0. The van der Waals surface area contributed by atoms with Crippen LogP contribution in [0.2, 0.25) is 0 Å². The van der Waals surface area contributed by atoms with E-state index in [1.54, 1.807) is 6.07 Å². The number of anilines is 1. The molecule has 4 rings (SSSR count). The number of aliphatic hydroxyl groups excluding tert-OH is 1. The van der Waals surface area contributed by atoms with E-state index in [4.69, 9.17) is 9.97 Å². The summed E-state index contributed by atoms with van der Waals surface area (Å²) in [6.07, 6.45) is 14.7. The van der Waals surface area contributed by atoms with E-state index in [1.165, 1.54) is 38.2 Å². The Labute approximate surface area is 217 Å². The molecule has 1 atom stereocenters. The summed E-state index contributed by atoms with van der Waals surface area (Å²) in [6, 6.07) is 4.97. The van der Waals surface area contributed by atoms with Crippen molar-refractivity contribution in [2.75, 3.05) is 5.32 Å². The molecule has 2 N–H and O–H groups in total. The highest BCUT2D eigenvalue weighted by Crippen LogP contribution is 2.35. The lowest BCUT2D eigenvalue weighted by Gasteiger charge is -2.24. The Hall–Kier alpha value is -2.05. The lowest BCUT2D eigenvalue weighted by Crippen LogP contribution is -2.23. The van der Waals surface area contributed by atoms with Crippen molar-refractivity contribution in [2.24, 2.45) is 5.92 Å². The largest absolute Gasteiger partial charge is 0.373 e. The van der Waals surface area contributed by atoms with Crippen LogP contribution in [0.1, 0.15) is 82.2 Å². The third kappa shape index (κ3) is 7.01. The first-order chi connectivity index (χ1) is 16.9. The monoisotopic (exact) mass is 541 g/mol. The fourth-order valence-electron chi connectivity index (χ4n) is 5.27. The Morgan fingerprint density at radius 1 is 1.20 bits per heavy atom. The molecule has 1 aromatic carbocycles. The normalized spacial score (nSPS) is 17.6. The number of hydrogen-bond acceptors (Lipinski definition) is 4. The molecule has 1 saturated carbocycles. The Kier molecular flexibility index (Phi) is 9.12. The Bertz CT molecular complexity index is 1090. The Morgan fingerprint density at radius 2 is 2.00 bits per heavy atom. The number of aliphatic hydroxyl groups is 1. The molecule has 35 heavy (non-hydrogen) atoms. The van der Waals surface area contributed by atoms with Gasteiger partial charge in [0, 0.05) is 12.0 Å². The van der Waals surface area contributed by atoms with E-state index in [-0.39, 0.29) is 5.82 Å². The summed E-state index contributed by atoms with van der Waals surface area (Å²) in [5.41, 5.74) is 5.84. The fourth-order valence-corrected chi connectivity index (χ4v) is 5.41. The number of rotatable bonds is 9. The van der Waals surface area contributed by atoms with Crippen molar-refractivity contribution >= 4 is 21.7 Å². The molecular weight excluding hydrogens is 505 g/mol. The molecule has 1 unspecified atom stereocenters. The number of nitrogens with one attached hydrogen (secondary N) is 1. The first-order valence-corrected chi connectivity index (χ1v) is 13.9. The number of hydrogen-bond donors (Lipinski definition) is 2. The second-order valence-corrected chi connectivity index (χ2v) is 11.2. The van der Waals surface area contributed by atoms with Crippen molar-refractivity contribution in [1.82, 2.24) is 9.97 Å². The maximum atomic E-state index is 13.8. The lowest BCUT2D eigenvalue weighted by molar-refractivity contribution is 0.202. The van der Waals surface area contributed by atoms with Crippen LogP contribution < -0.4 is 5.32 Å². The van der Waals surface area contributed by atoms with Gasteiger partial charge in [0.2, 0.25) is 0 Å². The summed E-state index contributed by atoms with van der Waals surface area (Å²) >= 11 is 3.46. The highest BCUT2D eigenvalue weighted by atomic mass is 79.9. The molecule has 0 amide bonds. The van der Waals surface area contributed by atoms with E-state index >= 15 is 0 Å². The Morgan fingerprint density at radius 3 is 2.74 bits per heavy atom. The van der Waals surface area contributed by atoms with Crippen molar-refractivity contribution in [3.63, 3.8) is 0 Å². The van der Waals surface area contributed by atoms with Crippen LogP contribution in [-0.2, 0) is 19.3 Å². The molecule has 6 heteroatoms. The minimum absolute atomic E-state index is 0.205. The van der Waals surface area contributed by atoms with Gasteiger partial charge in [-0.1, -0.05) is 72.7 Å². The smallest absolute Gasteiger partial charge is 0.150 e. The molecule has 1 aromatic heterocycles. The van der Waals surface area contributed by atoms with Crippen LogP contribution in [0, 0.1) is 11.7 Å². The van der Waals surface area contributed by atoms with Crippen LogP contribution in [0.5, 0.6) is 0 Å². The molecule has 2 aliphatic carbocycles. The zero-order chi connectivity index (χ0) is 24.8. The van der Waals surface area contributed by atoms with Crippen molar-refractivity contribution in [3.05, 3.63) is 63.2 Å². The summed E-state index contributed by atoms with van der Waals surface area (Å²) in [5, 5.41) is 14.2. The number of halogens is 2. The topological polar surface area (TPSA) is 58.0 Å². The van der Waals surface area contributed by atoms with Gasteiger partial charge in [0.05, 0.1) is 17.1 Å². The molecule has 0 saturated heterocycles. The average molecular weight is 543 g/mol. The summed E-state index contributed by atoms with van der Waals surface area (Å²) in [6.45, 7) is 4.09. The maximum absolute atomic E-state index is 13.8. The van der Waals surface area contributed by atoms with Gasteiger partial charge in [0.1, 0.15) is 17.9 Å². The predicted octanol–water partition coefficient (Wildman–Crippen LogP) is 7.65. The predicted molar refractivity (Wildman–Crippen MR) is 145 cm³/mol. The molecule has 4 nitrogen and oxygen atoms in total. The number of benzene rings is 1. The number of aryl methyl sites for hydroxylation is 3. The average Bonchev–Trinajstić information content (AvgIpc) is 2.85. The molecule has 0 bridgehead atoms. The van der Waals surface area contributed by atoms with Crippen molar-refractivity contribution in [3.8, 4) is 11.3 Å². The van der Waals surface area contributed by atoms with Crippen LogP contribution in [0.3, 0.4) is 0 Å². The van der Waals surface area contributed by atoms with Gasteiger partial charge in [-0.15, -0.1) is 0 Å². The molecule has 1 heterocycles. The molecular formula is C29H37BrFN3O. The number of aromatic nitrogens is 2. The second-order valence-electron chi connectivity index (χ2n) is 9.95. The minimum atomic E-state index is -0.740. The summed E-state index contributed by atoms with van der Waals surface area (Å²) in [4.78, 5) is 10.1. The van der Waals surface area contributed by atoms with Gasteiger partial charge in [0.25, 0.3) is 0 Å². The van der Waals surface area contributed by atoms with Gasteiger partial charge in [-0.25, -0.2) is 14.4 Å². The number of nitrogens with zero attached hydrogens (tertiary/aromatic N) is 2. The van der Waals surface area contributed by atoms with E-state index in [0.717, 1.165) is 76.3 Å². The van der Waals surface area contributed by atoms with Crippen LogP contribution in [0.4, 0.5) is 10.2 Å². The molecule has 188 valence electrons. The molecule has 0 radical (unpaired) electrons. The van der Waals surface area contributed by atoms with E-state index < -0.39 is 6.23 Å². The highest BCUT2D eigenvalue weighted by molar-refractivity contribution is 9.11. The van der Waals surface area contributed by atoms with E-state index in [2.05, 4.69) is 34.2 Å². The van der Waals surface area contributed by atoms with Crippen LogP contribution in [-0.4, -0.2) is 21.3 Å². The minimum Gasteiger partial charge on any atom is -0.373 e. The van der Waals surface area contributed by atoms with E-state index in [1.807, 2.05) is 19.1 Å². The lowest BCUT2D eigenvalue weighted by atomic mass is 9.85. The summed E-state index contributed by atoms with van der Waals surface area (Å²) < 4.78 is 14.9. The molecule has 1 fully saturated rings. The SMILES string of the molecule is CC/C(=C\C=C(/C)Br)CC(O)Nc1nc2c(nc1CCC1CCCCC1)-c1ccc(F)cc1CC2. The van der Waals surface area contributed by atoms with Crippen molar-refractivity contribution in [1.29, 1.82) is 0 Å².